The van der Waals surface area contributed by atoms with Crippen LogP contribution in [0.3, 0.4) is 0 Å². The van der Waals surface area contributed by atoms with Crippen LogP contribution in [0.4, 0.5) is 18.9 Å². The molecule has 1 fully saturated rings. The van der Waals surface area contributed by atoms with Crippen molar-refractivity contribution in [3.8, 4) is 0 Å². The van der Waals surface area contributed by atoms with Crippen LogP contribution in [0, 0.1) is 0 Å². The summed E-state index contributed by atoms with van der Waals surface area (Å²) in [5.74, 6) is -0.620. The van der Waals surface area contributed by atoms with E-state index in [1.807, 2.05) is 0 Å². The number of carbonyl (C=O) groups is 1. The monoisotopic (exact) mass is 367 g/mol. The molecule has 0 amide bonds. The number of halogens is 4. The molecule has 1 saturated heterocycles. The Bertz CT molecular complexity index is 536. The fourth-order valence-electron chi connectivity index (χ4n) is 2.21. The standard InChI is InChI=1S/C13H13BrF3NO3/c1-20-12(19)11-7-21-5-4-18(11)10-3-2-8(14)6-9(10)13(15,16)17/h2-3,6,11H,4-5,7H2,1H3. The number of alkyl halides is 3. The molecule has 0 aromatic heterocycles. The predicted octanol–water partition coefficient (Wildman–Crippen LogP) is 2.85. The van der Waals surface area contributed by atoms with E-state index in [0.29, 0.717) is 4.47 Å². The van der Waals surface area contributed by atoms with Gasteiger partial charge in [0.15, 0.2) is 6.04 Å². The fourth-order valence-corrected chi connectivity index (χ4v) is 2.57. The van der Waals surface area contributed by atoms with Crippen LogP contribution in [-0.4, -0.2) is 38.9 Å². The van der Waals surface area contributed by atoms with Crippen molar-refractivity contribution < 1.29 is 27.4 Å². The van der Waals surface area contributed by atoms with E-state index in [0.717, 1.165) is 6.07 Å². The second kappa shape index (κ2) is 6.23. The number of hydrogen-bond acceptors (Lipinski definition) is 4. The lowest BCUT2D eigenvalue weighted by Gasteiger charge is -2.36. The molecule has 0 bridgehead atoms. The number of benzene rings is 1. The van der Waals surface area contributed by atoms with Gasteiger partial charge in [-0.25, -0.2) is 4.79 Å². The smallest absolute Gasteiger partial charge is 0.418 e. The molecular weight excluding hydrogens is 355 g/mol. The van der Waals surface area contributed by atoms with Crippen molar-refractivity contribution in [2.24, 2.45) is 0 Å². The second-order valence-electron chi connectivity index (χ2n) is 4.47. The fraction of sp³-hybridized carbons (Fsp3) is 0.462. The maximum absolute atomic E-state index is 13.2. The van der Waals surface area contributed by atoms with Crippen LogP contribution in [0.2, 0.25) is 0 Å². The molecule has 0 aliphatic carbocycles. The number of esters is 1. The molecule has 116 valence electrons. The number of hydrogen-bond donors (Lipinski definition) is 0. The summed E-state index contributed by atoms with van der Waals surface area (Å²) in [6.07, 6.45) is -4.52. The van der Waals surface area contributed by atoms with Gasteiger partial charge in [-0.05, 0) is 18.2 Å². The molecule has 1 heterocycles. The Labute approximate surface area is 127 Å². The Morgan fingerprint density at radius 1 is 1.48 bits per heavy atom. The van der Waals surface area contributed by atoms with Gasteiger partial charge in [0.05, 0.1) is 25.9 Å². The zero-order valence-electron chi connectivity index (χ0n) is 11.1. The van der Waals surface area contributed by atoms with Crippen molar-refractivity contribution in [2.75, 3.05) is 31.8 Å². The molecule has 4 nitrogen and oxygen atoms in total. The minimum Gasteiger partial charge on any atom is -0.467 e. The minimum absolute atomic E-state index is 0.0000341. The van der Waals surface area contributed by atoms with Gasteiger partial charge in [-0.3, -0.25) is 0 Å². The normalized spacial score (nSPS) is 19.5. The van der Waals surface area contributed by atoms with Crippen LogP contribution >= 0.6 is 15.9 Å². The van der Waals surface area contributed by atoms with Crippen LogP contribution in [-0.2, 0) is 20.4 Å². The van der Waals surface area contributed by atoms with Crippen LogP contribution < -0.4 is 4.90 Å². The minimum atomic E-state index is -4.52. The average molecular weight is 368 g/mol. The third-order valence-electron chi connectivity index (χ3n) is 3.18. The van der Waals surface area contributed by atoms with Crippen molar-refractivity contribution in [3.63, 3.8) is 0 Å². The highest BCUT2D eigenvalue weighted by molar-refractivity contribution is 9.10. The summed E-state index contributed by atoms with van der Waals surface area (Å²) in [5, 5.41) is 0. The first-order valence-electron chi connectivity index (χ1n) is 6.13. The number of methoxy groups -OCH3 is 1. The molecule has 1 aromatic rings. The van der Waals surface area contributed by atoms with Gasteiger partial charge >= 0.3 is 12.1 Å². The van der Waals surface area contributed by atoms with Gasteiger partial charge in [0.1, 0.15) is 0 Å². The lowest BCUT2D eigenvalue weighted by Crippen LogP contribution is -2.51. The molecule has 0 N–H and O–H groups in total. The van der Waals surface area contributed by atoms with E-state index in [1.54, 1.807) is 0 Å². The third kappa shape index (κ3) is 3.49. The van der Waals surface area contributed by atoms with E-state index in [9.17, 15) is 18.0 Å². The Balaban J connectivity index is 2.46. The van der Waals surface area contributed by atoms with E-state index in [1.165, 1.54) is 24.1 Å². The Morgan fingerprint density at radius 2 is 2.19 bits per heavy atom. The number of ether oxygens (including phenoxy) is 2. The Hall–Kier alpha value is -1.28. The zero-order chi connectivity index (χ0) is 15.6. The van der Waals surface area contributed by atoms with E-state index in [4.69, 9.17) is 4.74 Å². The van der Waals surface area contributed by atoms with Gasteiger partial charge in [-0.2, -0.15) is 13.2 Å². The molecule has 8 heteroatoms. The largest absolute Gasteiger partial charge is 0.467 e. The molecule has 0 spiro atoms. The quantitative estimate of drug-likeness (QED) is 0.753. The summed E-state index contributed by atoms with van der Waals surface area (Å²) in [7, 11) is 1.20. The van der Waals surface area contributed by atoms with Crippen molar-refractivity contribution in [1.29, 1.82) is 0 Å². The molecule has 1 aliphatic heterocycles. The number of morpholine rings is 1. The van der Waals surface area contributed by atoms with Gasteiger partial charge in [0.25, 0.3) is 0 Å². The summed E-state index contributed by atoms with van der Waals surface area (Å²) in [5.41, 5.74) is -0.850. The van der Waals surface area contributed by atoms with E-state index in [2.05, 4.69) is 20.7 Å². The van der Waals surface area contributed by atoms with Gasteiger partial charge in [0.2, 0.25) is 0 Å². The first-order chi connectivity index (χ1) is 9.84. The summed E-state index contributed by atoms with van der Waals surface area (Å²) < 4.78 is 49.7. The van der Waals surface area contributed by atoms with Crippen LogP contribution in [0.15, 0.2) is 22.7 Å². The molecule has 0 saturated carbocycles. The molecule has 1 aromatic carbocycles. The summed E-state index contributed by atoms with van der Waals surface area (Å²) >= 11 is 3.04. The number of nitrogens with zero attached hydrogens (tertiary/aromatic N) is 1. The Morgan fingerprint density at radius 3 is 2.81 bits per heavy atom. The number of rotatable bonds is 2. The maximum Gasteiger partial charge on any atom is 0.418 e. The highest BCUT2D eigenvalue weighted by Crippen LogP contribution is 2.39. The summed E-state index contributed by atoms with van der Waals surface area (Å²) in [6, 6.07) is 2.97. The van der Waals surface area contributed by atoms with Gasteiger partial charge in [0, 0.05) is 16.7 Å². The highest BCUT2D eigenvalue weighted by Gasteiger charge is 2.39. The lowest BCUT2D eigenvalue weighted by molar-refractivity contribution is -0.145. The first kappa shape index (κ1) is 16.1. The van der Waals surface area contributed by atoms with Crippen LogP contribution in [0.25, 0.3) is 0 Å². The van der Waals surface area contributed by atoms with E-state index in [-0.39, 0.29) is 25.4 Å². The Kier molecular flexibility index (Phi) is 4.77. The second-order valence-corrected chi connectivity index (χ2v) is 5.38. The summed E-state index contributed by atoms with van der Waals surface area (Å²) in [6.45, 7) is 0.436. The molecule has 1 aliphatic rings. The predicted molar refractivity (Wildman–Crippen MR) is 73.1 cm³/mol. The van der Waals surface area contributed by atoms with Gasteiger partial charge in [-0.1, -0.05) is 15.9 Å². The van der Waals surface area contributed by atoms with Crippen LogP contribution in [0.1, 0.15) is 5.56 Å². The molecule has 21 heavy (non-hydrogen) atoms. The first-order valence-corrected chi connectivity index (χ1v) is 6.93. The lowest BCUT2D eigenvalue weighted by atomic mass is 10.1. The molecule has 0 radical (unpaired) electrons. The summed E-state index contributed by atoms with van der Waals surface area (Å²) in [4.78, 5) is 13.1. The molecule has 1 atom stereocenters. The van der Waals surface area contributed by atoms with Gasteiger partial charge in [-0.15, -0.1) is 0 Å². The van der Waals surface area contributed by atoms with Crippen molar-refractivity contribution in [2.45, 2.75) is 12.2 Å². The van der Waals surface area contributed by atoms with Crippen LogP contribution in [0.5, 0.6) is 0 Å². The number of anilines is 1. The number of carbonyl (C=O) groups excluding carboxylic acids is 1. The van der Waals surface area contributed by atoms with Gasteiger partial charge < -0.3 is 14.4 Å². The van der Waals surface area contributed by atoms with E-state index < -0.39 is 23.8 Å². The van der Waals surface area contributed by atoms with E-state index >= 15 is 0 Å². The molecule has 2 rings (SSSR count). The SMILES string of the molecule is COC(=O)C1COCCN1c1ccc(Br)cc1C(F)(F)F. The highest BCUT2D eigenvalue weighted by atomic mass is 79.9. The van der Waals surface area contributed by atoms with Crippen molar-refractivity contribution in [3.05, 3.63) is 28.2 Å². The topological polar surface area (TPSA) is 38.8 Å². The average Bonchev–Trinajstić information content (AvgIpc) is 2.45. The zero-order valence-corrected chi connectivity index (χ0v) is 12.7. The third-order valence-corrected chi connectivity index (χ3v) is 3.67. The van der Waals surface area contributed by atoms with Crippen molar-refractivity contribution >= 4 is 27.6 Å². The molecular formula is C13H13BrF3NO3. The maximum atomic E-state index is 13.2. The molecule has 1 unspecified atom stereocenters. The van der Waals surface area contributed by atoms with Crippen molar-refractivity contribution in [1.82, 2.24) is 0 Å².